The molecule has 1 amide bonds. The normalized spacial score (nSPS) is 25.2. The molecule has 0 aromatic heterocycles. The second-order valence-electron chi connectivity index (χ2n) is 5.10. The molecule has 104 valence electrons. The molecule has 2 fully saturated rings. The van der Waals surface area contributed by atoms with Gasteiger partial charge in [0.2, 0.25) is 5.91 Å². The maximum atomic E-state index is 11.6. The van der Waals surface area contributed by atoms with Crippen LogP contribution in [-0.2, 0) is 14.3 Å². The Kier molecular flexibility index (Phi) is 5.90. The fraction of sp³-hybridized carbons (Fsp3) is 0.923. The highest BCUT2D eigenvalue weighted by Gasteiger charge is 2.17. The number of hydrogen-bond donors (Lipinski definition) is 2. The van der Waals surface area contributed by atoms with Crippen LogP contribution in [0.15, 0.2) is 0 Å². The minimum Gasteiger partial charge on any atom is -0.381 e. The molecule has 5 heteroatoms. The fourth-order valence-corrected chi connectivity index (χ4v) is 2.37. The average Bonchev–Trinajstić information content (AvgIpc) is 2.91. The first-order valence-corrected chi connectivity index (χ1v) is 7.01. The second-order valence-corrected chi connectivity index (χ2v) is 5.10. The largest absolute Gasteiger partial charge is 0.381 e. The SMILES string of the molecule is O=C(CCOC1CCNCC1)NCC1CCOC1. The number of nitrogens with one attached hydrogen (secondary N) is 2. The zero-order chi connectivity index (χ0) is 12.6. The Labute approximate surface area is 109 Å². The molecule has 0 saturated carbocycles. The molecular weight excluding hydrogens is 232 g/mol. The van der Waals surface area contributed by atoms with Gasteiger partial charge in [0.25, 0.3) is 0 Å². The van der Waals surface area contributed by atoms with Crippen molar-refractivity contribution in [1.29, 1.82) is 0 Å². The van der Waals surface area contributed by atoms with E-state index in [4.69, 9.17) is 9.47 Å². The third-order valence-corrected chi connectivity index (χ3v) is 3.58. The summed E-state index contributed by atoms with van der Waals surface area (Å²) in [7, 11) is 0. The van der Waals surface area contributed by atoms with Gasteiger partial charge in [-0.1, -0.05) is 0 Å². The summed E-state index contributed by atoms with van der Waals surface area (Å²) < 4.78 is 11.0. The summed E-state index contributed by atoms with van der Waals surface area (Å²) in [6, 6.07) is 0. The van der Waals surface area contributed by atoms with E-state index in [0.29, 0.717) is 25.0 Å². The summed E-state index contributed by atoms with van der Waals surface area (Å²) in [5.74, 6) is 0.593. The molecule has 1 unspecified atom stereocenters. The van der Waals surface area contributed by atoms with Crippen LogP contribution in [0.1, 0.15) is 25.7 Å². The van der Waals surface area contributed by atoms with Crippen LogP contribution in [0.3, 0.4) is 0 Å². The van der Waals surface area contributed by atoms with Gasteiger partial charge in [-0.2, -0.15) is 0 Å². The van der Waals surface area contributed by atoms with Gasteiger partial charge >= 0.3 is 0 Å². The molecule has 2 aliphatic heterocycles. The summed E-state index contributed by atoms with van der Waals surface area (Å²) in [5, 5.41) is 6.25. The van der Waals surface area contributed by atoms with Gasteiger partial charge in [-0.25, -0.2) is 0 Å². The summed E-state index contributed by atoms with van der Waals surface area (Å²) in [6.45, 7) is 4.95. The Balaban J connectivity index is 1.48. The van der Waals surface area contributed by atoms with Crippen LogP contribution in [0.25, 0.3) is 0 Å². The fourth-order valence-electron chi connectivity index (χ4n) is 2.37. The van der Waals surface area contributed by atoms with Crippen molar-refractivity contribution in [3.8, 4) is 0 Å². The number of rotatable bonds is 6. The van der Waals surface area contributed by atoms with Crippen LogP contribution in [0.4, 0.5) is 0 Å². The molecule has 0 spiro atoms. The van der Waals surface area contributed by atoms with Gasteiger partial charge in [0.1, 0.15) is 0 Å². The van der Waals surface area contributed by atoms with Crippen LogP contribution in [0, 0.1) is 5.92 Å². The molecular formula is C13H24N2O3. The van der Waals surface area contributed by atoms with E-state index < -0.39 is 0 Å². The minimum absolute atomic E-state index is 0.0934. The van der Waals surface area contributed by atoms with Gasteiger partial charge < -0.3 is 20.1 Å². The van der Waals surface area contributed by atoms with Gasteiger partial charge in [0.05, 0.1) is 19.3 Å². The molecule has 0 aromatic rings. The van der Waals surface area contributed by atoms with Crippen molar-refractivity contribution >= 4 is 5.91 Å². The minimum atomic E-state index is 0.0934. The van der Waals surface area contributed by atoms with Gasteiger partial charge in [0, 0.05) is 25.5 Å². The zero-order valence-corrected chi connectivity index (χ0v) is 11.0. The lowest BCUT2D eigenvalue weighted by Crippen LogP contribution is -2.34. The second kappa shape index (κ2) is 7.71. The molecule has 2 saturated heterocycles. The smallest absolute Gasteiger partial charge is 0.222 e. The summed E-state index contributed by atoms with van der Waals surface area (Å²) in [5.41, 5.74) is 0. The van der Waals surface area contributed by atoms with Gasteiger partial charge in [0.15, 0.2) is 0 Å². The molecule has 0 bridgehead atoms. The van der Waals surface area contributed by atoms with Crippen molar-refractivity contribution in [2.75, 3.05) is 39.5 Å². The lowest BCUT2D eigenvalue weighted by atomic mass is 10.1. The summed E-state index contributed by atoms with van der Waals surface area (Å²) in [6.07, 6.45) is 3.98. The number of amides is 1. The maximum absolute atomic E-state index is 11.6. The van der Waals surface area contributed by atoms with Gasteiger partial charge in [-0.05, 0) is 32.4 Å². The van der Waals surface area contributed by atoms with Crippen molar-refractivity contribution in [2.24, 2.45) is 5.92 Å². The topological polar surface area (TPSA) is 59.6 Å². The Morgan fingerprint density at radius 1 is 1.33 bits per heavy atom. The molecule has 2 rings (SSSR count). The Morgan fingerprint density at radius 3 is 2.89 bits per heavy atom. The highest BCUT2D eigenvalue weighted by Crippen LogP contribution is 2.10. The van der Waals surface area contributed by atoms with E-state index in [9.17, 15) is 4.79 Å². The number of ether oxygens (including phenoxy) is 2. The van der Waals surface area contributed by atoms with E-state index in [1.807, 2.05) is 0 Å². The molecule has 5 nitrogen and oxygen atoms in total. The summed E-state index contributed by atoms with van der Waals surface area (Å²) in [4.78, 5) is 11.6. The van der Waals surface area contributed by atoms with Crippen molar-refractivity contribution < 1.29 is 14.3 Å². The lowest BCUT2D eigenvalue weighted by Gasteiger charge is -2.22. The Bertz CT molecular complexity index is 249. The van der Waals surface area contributed by atoms with Crippen molar-refractivity contribution in [2.45, 2.75) is 31.8 Å². The average molecular weight is 256 g/mol. The van der Waals surface area contributed by atoms with Crippen molar-refractivity contribution in [3.63, 3.8) is 0 Å². The Hall–Kier alpha value is -0.650. The zero-order valence-electron chi connectivity index (χ0n) is 11.0. The van der Waals surface area contributed by atoms with E-state index >= 15 is 0 Å². The Morgan fingerprint density at radius 2 is 2.17 bits per heavy atom. The van der Waals surface area contributed by atoms with Crippen LogP contribution in [0.2, 0.25) is 0 Å². The van der Waals surface area contributed by atoms with Crippen LogP contribution < -0.4 is 10.6 Å². The van der Waals surface area contributed by atoms with E-state index in [0.717, 1.165) is 52.1 Å². The quantitative estimate of drug-likeness (QED) is 0.717. The third-order valence-electron chi connectivity index (χ3n) is 3.58. The van der Waals surface area contributed by atoms with Crippen LogP contribution in [-0.4, -0.2) is 51.5 Å². The first kappa shape index (κ1) is 13.8. The van der Waals surface area contributed by atoms with Gasteiger partial charge in [-0.3, -0.25) is 4.79 Å². The molecule has 1 atom stereocenters. The van der Waals surface area contributed by atoms with E-state index in [1.54, 1.807) is 0 Å². The standard InChI is InChI=1S/C13H24N2O3/c16-13(15-9-11-3-7-17-10-11)4-8-18-12-1-5-14-6-2-12/h11-12,14H,1-10H2,(H,15,16). The molecule has 2 aliphatic rings. The van der Waals surface area contributed by atoms with E-state index in [2.05, 4.69) is 10.6 Å². The predicted molar refractivity (Wildman–Crippen MR) is 68.4 cm³/mol. The van der Waals surface area contributed by atoms with E-state index in [-0.39, 0.29) is 5.91 Å². The van der Waals surface area contributed by atoms with Crippen molar-refractivity contribution in [3.05, 3.63) is 0 Å². The first-order valence-electron chi connectivity index (χ1n) is 7.01. The van der Waals surface area contributed by atoms with E-state index in [1.165, 1.54) is 0 Å². The molecule has 0 aliphatic carbocycles. The number of carbonyl (C=O) groups excluding carboxylic acids is 1. The maximum Gasteiger partial charge on any atom is 0.222 e. The molecule has 2 N–H and O–H groups in total. The first-order chi connectivity index (χ1) is 8.84. The number of carbonyl (C=O) groups is 1. The van der Waals surface area contributed by atoms with Crippen LogP contribution >= 0.6 is 0 Å². The monoisotopic (exact) mass is 256 g/mol. The highest BCUT2D eigenvalue weighted by atomic mass is 16.5. The molecule has 0 radical (unpaired) electrons. The summed E-state index contributed by atoms with van der Waals surface area (Å²) >= 11 is 0. The third kappa shape index (κ3) is 4.92. The lowest BCUT2D eigenvalue weighted by molar-refractivity contribution is -0.122. The van der Waals surface area contributed by atoms with Gasteiger partial charge in [-0.15, -0.1) is 0 Å². The predicted octanol–water partition coefficient (Wildman–Crippen LogP) is 0.298. The van der Waals surface area contributed by atoms with Crippen molar-refractivity contribution in [1.82, 2.24) is 10.6 Å². The number of piperidine rings is 1. The number of hydrogen-bond acceptors (Lipinski definition) is 4. The van der Waals surface area contributed by atoms with Crippen LogP contribution in [0.5, 0.6) is 0 Å². The molecule has 0 aromatic carbocycles. The molecule has 2 heterocycles. The highest BCUT2D eigenvalue weighted by molar-refractivity contribution is 5.75. The molecule has 18 heavy (non-hydrogen) atoms.